The molecule has 13 heteroatoms. The van der Waals surface area contributed by atoms with E-state index in [0.29, 0.717) is 24.4 Å². The summed E-state index contributed by atoms with van der Waals surface area (Å²) in [5.41, 5.74) is -0.0907. The van der Waals surface area contributed by atoms with Crippen molar-refractivity contribution < 1.29 is 28.8 Å². The number of hydrogen-bond donors (Lipinski definition) is 6. The van der Waals surface area contributed by atoms with Gasteiger partial charge in [-0.05, 0) is 86.4 Å². The van der Waals surface area contributed by atoms with Crippen LogP contribution in [0.1, 0.15) is 101 Å². The van der Waals surface area contributed by atoms with Crippen LogP contribution < -0.4 is 31.9 Å². The van der Waals surface area contributed by atoms with Crippen LogP contribution in [0.4, 0.5) is 0 Å². The number of nitrogens with one attached hydrogen (secondary N) is 6. The van der Waals surface area contributed by atoms with E-state index in [9.17, 15) is 28.8 Å². The molecule has 2 aliphatic heterocycles. The average Bonchev–Trinajstić information content (AvgIpc) is 3.82. The molecular formula is C38H57N7O6. The third-order valence-electron chi connectivity index (χ3n) is 12.6. The summed E-state index contributed by atoms with van der Waals surface area (Å²) in [7, 11) is 1.67. The molecule has 5 unspecified atom stereocenters. The Bertz CT molecular complexity index is 1540. The number of rotatable bonds is 11. The Labute approximate surface area is 301 Å². The Balaban J connectivity index is 1.34. The van der Waals surface area contributed by atoms with E-state index < -0.39 is 35.5 Å². The molecule has 2 bridgehead atoms. The van der Waals surface area contributed by atoms with Crippen molar-refractivity contribution in [3.8, 4) is 0 Å². The van der Waals surface area contributed by atoms with E-state index in [1.807, 2.05) is 20.8 Å². The Morgan fingerprint density at radius 3 is 2.14 bits per heavy atom. The summed E-state index contributed by atoms with van der Waals surface area (Å²) in [5.74, 6) is -1.24. The first-order valence-electron chi connectivity index (χ1n) is 18.4. The van der Waals surface area contributed by atoms with Crippen LogP contribution in [-0.2, 0) is 19.2 Å². The first kappa shape index (κ1) is 38.4. The van der Waals surface area contributed by atoms with Gasteiger partial charge in [-0.15, -0.1) is 0 Å². The highest BCUT2D eigenvalue weighted by molar-refractivity contribution is 6.00. The molecule has 2 heterocycles. The Kier molecular flexibility index (Phi) is 11.0. The lowest BCUT2D eigenvalue weighted by atomic mass is 9.69. The van der Waals surface area contributed by atoms with Crippen LogP contribution in [0.2, 0.25) is 0 Å². The second-order valence-corrected chi connectivity index (χ2v) is 17.0. The summed E-state index contributed by atoms with van der Waals surface area (Å²) in [4.78, 5) is 80.9. The lowest BCUT2D eigenvalue weighted by Crippen LogP contribution is -2.60. The number of likely N-dealkylation sites (N-methyl/N-ethyl adjacent to an activating group) is 1. The fraction of sp³-hybridized carbons (Fsp3) is 0.684. The van der Waals surface area contributed by atoms with Crippen LogP contribution in [0.25, 0.3) is 0 Å². The van der Waals surface area contributed by atoms with Gasteiger partial charge in [0.15, 0.2) is 0 Å². The van der Waals surface area contributed by atoms with Gasteiger partial charge in [-0.3, -0.25) is 24.0 Å². The summed E-state index contributed by atoms with van der Waals surface area (Å²) >= 11 is 0. The fourth-order valence-corrected chi connectivity index (χ4v) is 8.65. The van der Waals surface area contributed by atoms with Gasteiger partial charge in [0, 0.05) is 42.3 Å². The average molecular weight is 708 g/mol. The number of likely N-dealkylation sites (tertiary alicyclic amines) is 1. The van der Waals surface area contributed by atoms with Gasteiger partial charge >= 0.3 is 0 Å². The van der Waals surface area contributed by atoms with E-state index in [1.54, 1.807) is 32.2 Å². The van der Waals surface area contributed by atoms with Gasteiger partial charge in [0.2, 0.25) is 17.7 Å². The molecular weight excluding hydrogens is 650 g/mol. The third kappa shape index (κ3) is 7.69. The van der Waals surface area contributed by atoms with Gasteiger partial charge in [0.25, 0.3) is 11.8 Å². The normalized spacial score (nSPS) is 30.7. The smallest absolute Gasteiger partial charge is 0.251 e. The lowest BCUT2D eigenvalue weighted by molar-refractivity contribution is -0.144. The number of benzene rings is 1. The number of carbonyl (C=O) groups is 6. The van der Waals surface area contributed by atoms with Crippen molar-refractivity contribution in [2.24, 2.45) is 22.2 Å². The van der Waals surface area contributed by atoms with Crippen molar-refractivity contribution in [3.63, 3.8) is 0 Å². The number of hydrogen-bond acceptors (Lipinski definition) is 8. The maximum Gasteiger partial charge on any atom is 0.251 e. The number of aldehydes is 1. The van der Waals surface area contributed by atoms with E-state index in [-0.39, 0.29) is 71.1 Å². The second-order valence-electron chi connectivity index (χ2n) is 17.0. The van der Waals surface area contributed by atoms with Gasteiger partial charge in [0.1, 0.15) is 18.4 Å². The van der Waals surface area contributed by atoms with Crippen molar-refractivity contribution in [2.75, 3.05) is 20.1 Å². The van der Waals surface area contributed by atoms with Crippen LogP contribution in [0.5, 0.6) is 0 Å². The molecule has 5 rings (SSSR count). The highest BCUT2D eigenvalue weighted by Gasteiger charge is 2.62. The highest BCUT2D eigenvalue weighted by atomic mass is 16.2. The summed E-state index contributed by atoms with van der Waals surface area (Å²) < 4.78 is 0. The molecule has 0 spiro atoms. The zero-order valence-corrected chi connectivity index (χ0v) is 31.4. The predicted molar refractivity (Wildman–Crippen MR) is 193 cm³/mol. The zero-order chi connectivity index (χ0) is 37.5. The minimum absolute atomic E-state index is 0.0304. The molecule has 2 aliphatic carbocycles. The molecule has 9 atom stereocenters. The van der Waals surface area contributed by atoms with Crippen LogP contribution in [0.3, 0.4) is 0 Å². The molecule has 2 saturated carbocycles. The topological polar surface area (TPSA) is 178 Å². The second kappa shape index (κ2) is 14.7. The van der Waals surface area contributed by atoms with Crippen LogP contribution in [0, 0.1) is 22.2 Å². The Morgan fingerprint density at radius 2 is 1.61 bits per heavy atom. The summed E-state index contributed by atoms with van der Waals surface area (Å²) in [5, 5.41) is 18.1. The number of amides is 5. The van der Waals surface area contributed by atoms with Crippen molar-refractivity contribution in [1.82, 2.24) is 36.8 Å². The van der Waals surface area contributed by atoms with Gasteiger partial charge in [-0.1, -0.05) is 47.6 Å². The van der Waals surface area contributed by atoms with E-state index in [1.165, 1.54) is 11.0 Å². The maximum atomic E-state index is 14.4. The van der Waals surface area contributed by atoms with Crippen LogP contribution in [-0.4, -0.2) is 103 Å². The molecule has 6 N–H and O–H groups in total. The molecule has 2 saturated heterocycles. The quantitative estimate of drug-likeness (QED) is 0.188. The first-order chi connectivity index (χ1) is 23.9. The van der Waals surface area contributed by atoms with Crippen LogP contribution >= 0.6 is 0 Å². The minimum Gasteiger partial charge on any atom is -0.351 e. The van der Waals surface area contributed by atoms with Crippen molar-refractivity contribution in [3.05, 3.63) is 35.4 Å². The Morgan fingerprint density at radius 1 is 0.961 bits per heavy atom. The fourth-order valence-electron chi connectivity index (χ4n) is 8.65. The Hall–Kier alpha value is -3.84. The third-order valence-corrected chi connectivity index (χ3v) is 12.6. The number of fused-ring (bicyclic) bond motifs is 2. The van der Waals surface area contributed by atoms with Crippen molar-refractivity contribution >= 4 is 35.8 Å². The van der Waals surface area contributed by atoms with E-state index in [2.05, 4.69) is 52.7 Å². The molecule has 4 fully saturated rings. The molecule has 5 amide bonds. The molecule has 1 aromatic rings. The molecule has 51 heavy (non-hydrogen) atoms. The first-order valence-corrected chi connectivity index (χ1v) is 18.4. The summed E-state index contributed by atoms with van der Waals surface area (Å²) in [6.07, 6.45) is 4.57. The van der Waals surface area contributed by atoms with Crippen LogP contribution in [0.15, 0.2) is 24.3 Å². The number of carbonyl (C=O) groups excluding carboxylic acids is 6. The molecule has 13 nitrogen and oxygen atoms in total. The molecule has 4 aliphatic rings. The molecule has 0 aromatic heterocycles. The molecule has 0 radical (unpaired) electrons. The van der Waals surface area contributed by atoms with E-state index in [0.717, 1.165) is 25.5 Å². The van der Waals surface area contributed by atoms with Gasteiger partial charge in [-0.2, -0.15) is 0 Å². The largest absolute Gasteiger partial charge is 0.351 e. The van der Waals surface area contributed by atoms with Crippen molar-refractivity contribution in [1.29, 1.82) is 0 Å². The van der Waals surface area contributed by atoms with Gasteiger partial charge in [0.05, 0.1) is 12.1 Å². The lowest BCUT2D eigenvalue weighted by Gasteiger charge is -2.40. The monoisotopic (exact) mass is 707 g/mol. The predicted octanol–water partition coefficient (Wildman–Crippen LogP) is 1.51. The standard InChI is InChI=1S/C38H57N7O6/c1-21(39-8)31(47)44-30(36(2,3)4)35(51)45-19-26(17-28(45)34(50)43-29-15-24-12-13-38(29,7)37(24,5)6)42-33(49)23-11-9-10-22(14-23)32(48)41-25-16-27(20-46)40-18-25/h9-11,14,20-21,24-30,39-40H,12-13,15-19H2,1-8H3,(H,41,48)(H,42,49)(H,43,50)(H,44,47)/t21-,24?,25-,26-,27?,28?,29+,30?,38?/m0/s1. The molecule has 280 valence electrons. The SMILES string of the molecule is CN[C@@H](C)C(=O)NC(C(=O)N1C[C@@H](NC(=O)c2cccc(C(=O)N[C@@H]3CNC(C=O)C3)c2)CC1C(=O)N[C@@H]1CC2CCC1(C)C2(C)C)C(C)(C)C. The molecule has 1 aromatic carbocycles. The summed E-state index contributed by atoms with van der Waals surface area (Å²) in [6, 6.07) is 2.98. The van der Waals surface area contributed by atoms with Gasteiger partial charge in [-0.25, -0.2) is 0 Å². The van der Waals surface area contributed by atoms with E-state index >= 15 is 0 Å². The highest BCUT2D eigenvalue weighted by Crippen LogP contribution is 2.65. The zero-order valence-electron chi connectivity index (χ0n) is 31.4. The van der Waals surface area contributed by atoms with Crippen molar-refractivity contribution in [2.45, 2.75) is 123 Å². The number of nitrogens with zero attached hydrogens (tertiary/aromatic N) is 1. The summed E-state index contributed by atoms with van der Waals surface area (Å²) in [6.45, 7) is 14.7. The van der Waals surface area contributed by atoms with Gasteiger partial charge < -0.3 is 41.6 Å². The minimum atomic E-state index is -0.920. The maximum absolute atomic E-state index is 14.4. The van der Waals surface area contributed by atoms with E-state index in [4.69, 9.17) is 0 Å².